The van der Waals surface area contributed by atoms with Crippen LogP contribution in [0.3, 0.4) is 0 Å². The lowest BCUT2D eigenvalue weighted by Crippen LogP contribution is -2.22. The predicted molar refractivity (Wildman–Crippen MR) is 134 cm³/mol. The second-order valence-electron chi connectivity index (χ2n) is 7.42. The number of nitro benzene ring substituents is 1. The molecule has 0 aliphatic heterocycles. The minimum absolute atomic E-state index is 0.0376. The highest BCUT2D eigenvalue weighted by molar-refractivity contribution is 7.14. The average molecular weight is 489 g/mol. The third-order valence-electron chi connectivity index (χ3n) is 4.82. The van der Waals surface area contributed by atoms with Gasteiger partial charge in [0.05, 0.1) is 27.7 Å². The van der Waals surface area contributed by atoms with Crippen LogP contribution in [0.15, 0.2) is 72.1 Å². The third kappa shape index (κ3) is 5.47. The molecule has 0 atom stereocenters. The first kappa shape index (κ1) is 23.5. The Labute approximate surface area is 204 Å². The number of amides is 2. The van der Waals surface area contributed by atoms with Crippen LogP contribution >= 0.6 is 11.3 Å². The second-order valence-corrected chi connectivity index (χ2v) is 8.26. The molecule has 176 valence electrons. The van der Waals surface area contributed by atoms with Gasteiger partial charge in [0.25, 0.3) is 5.69 Å². The molecule has 2 amide bonds. The molecule has 0 aliphatic rings. The first-order valence-corrected chi connectivity index (χ1v) is 11.3. The number of carbonyl (C=O) groups is 2. The second kappa shape index (κ2) is 10.1. The molecule has 2 aromatic carbocycles. The third-order valence-corrected chi connectivity index (χ3v) is 5.67. The molecule has 0 spiro atoms. The molecule has 2 heterocycles. The molecule has 0 radical (unpaired) electrons. The molecule has 10 nitrogen and oxygen atoms in total. The highest BCUT2D eigenvalue weighted by atomic mass is 32.1. The zero-order chi connectivity index (χ0) is 24.9. The Morgan fingerprint density at radius 3 is 2.51 bits per heavy atom. The van der Waals surface area contributed by atoms with Crippen molar-refractivity contribution in [2.24, 2.45) is 0 Å². The van der Waals surface area contributed by atoms with Gasteiger partial charge >= 0.3 is 0 Å². The minimum Gasteiger partial charge on any atom is -0.307 e. The van der Waals surface area contributed by atoms with Gasteiger partial charge in [0, 0.05) is 36.6 Å². The summed E-state index contributed by atoms with van der Waals surface area (Å²) in [5, 5.41) is 20.3. The van der Waals surface area contributed by atoms with Crippen LogP contribution in [0, 0.1) is 17.0 Å². The molecule has 4 rings (SSSR count). The summed E-state index contributed by atoms with van der Waals surface area (Å²) < 4.78 is 1.50. The summed E-state index contributed by atoms with van der Waals surface area (Å²) in [4.78, 5) is 41.2. The highest BCUT2D eigenvalue weighted by Gasteiger charge is 2.17. The van der Waals surface area contributed by atoms with E-state index in [1.807, 2.05) is 30.3 Å². The first-order valence-electron chi connectivity index (χ1n) is 10.4. The molecule has 0 aliphatic carbocycles. The van der Waals surface area contributed by atoms with E-state index in [9.17, 15) is 19.7 Å². The topological polar surface area (TPSA) is 123 Å². The van der Waals surface area contributed by atoms with Crippen molar-refractivity contribution in [1.29, 1.82) is 0 Å². The maximum absolute atomic E-state index is 12.6. The Balaban J connectivity index is 1.49. The molecule has 11 heteroatoms. The molecule has 0 saturated heterocycles. The fourth-order valence-corrected chi connectivity index (χ4v) is 4.14. The van der Waals surface area contributed by atoms with Crippen molar-refractivity contribution in [3.8, 4) is 5.69 Å². The van der Waals surface area contributed by atoms with Crippen molar-refractivity contribution in [2.75, 3.05) is 10.2 Å². The van der Waals surface area contributed by atoms with E-state index in [1.54, 1.807) is 36.6 Å². The minimum atomic E-state index is -0.481. The van der Waals surface area contributed by atoms with Gasteiger partial charge in [-0.15, -0.1) is 11.3 Å². The van der Waals surface area contributed by atoms with E-state index in [4.69, 9.17) is 0 Å². The summed E-state index contributed by atoms with van der Waals surface area (Å²) in [7, 11) is 0. The van der Waals surface area contributed by atoms with Crippen LogP contribution in [-0.2, 0) is 9.59 Å². The van der Waals surface area contributed by atoms with Crippen molar-refractivity contribution in [2.45, 2.75) is 13.8 Å². The monoisotopic (exact) mass is 488 g/mol. The fraction of sp³-hybridized carbons (Fsp3) is 0.0833. The van der Waals surface area contributed by atoms with Crippen molar-refractivity contribution >= 4 is 51.6 Å². The summed E-state index contributed by atoms with van der Waals surface area (Å²) in [5.41, 5.74) is 2.43. The summed E-state index contributed by atoms with van der Waals surface area (Å²) in [6.45, 7) is 3.24. The number of hydrogen-bond acceptors (Lipinski definition) is 7. The van der Waals surface area contributed by atoms with E-state index in [1.165, 1.54) is 46.1 Å². The summed E-state index contributed by atoms with van der Waals surface area (Å²) in [6.07, 6.45) is 2.89. The standard InChI is InChI=1S/C24H20N6O4S/c1-16-14-22(29(27-16)20-9-11-21(12-10-20)30(33)34)26-23(32)13-8-18-15-35-24(25-18)28(17(2)31)19-6-4-3-5-7-19/h3-15H,1-2H3,(H,26,32)/b13-8+. The number of nitrogens with zero attached hydrogens (tertiary/aromatic N) is 5. The smallest absolute Gasteiger partial charge is 0.269 e. The van der Waals surface area contributed by atoms with Gasteiger partial charge in [-0.1, -0.05) is 18.2 Å². The summed E-state index contributed by atoms with van der Waals surface area (Å²) in [5.74, 6) is -0.167. The van der Waals surface area contributed by atoms with Crippen LogP contribution in [0.1, 0.15) is 18.3 Å². The Bertz CT molecular complexity index is 1410. The molecule has 1 N–H and O–H groups in total. The molecule has 0 unspecified atom stereocenters. The molecular formula is C24H20N6O4S. The number of para-hydroxylation sites is 1. The van der Waals surface area contributed by atoms with Gasteiger partial charge < -0.3 is 5.32 Å². The SMILES string of the molecule is CC(=O)N(c1ccccc1)c1nc(/C=C/C(=O)Nc2cc(C)nn2-c2ccc([N+](=O)[O-])cc2)cs1. The average Bonchev–Trinajstić information content (AvgIpc) is 3.44. The molecule has 0 saturated carbocycles. The molecule has 4 aromatic rings. The van der Waals surface area contributed by atoms with Crippen LogP contribution < -0.4 is 10.2 Å². The predicted octanol–water partition coefficient (Wildman–Crippen LogP) is 4.88. The highest BCUT2D eigenvalue weighted by Crippen LogP contribution is 2.29. The maximum Gasteiger partial charge on any atom is 0.269 e. The van der Waals surface area contributed by atoms with E-state index in [-0.39, 0.29) is 11.6 Å². The van der Waals surface area contributed by atoms with Gasteiger partial charge in [-0.3, -0.25) is 24.6 Å². The lowest BCUT2D eigenvalue weighted by atomic mass is 10.3. The number of aryl methyl sites for hydroxylation is 1. The number of thiazole rings is 1. The number of rotatable bonds is 7. The van der Waals surface area contributed by atoms with E-state index >= 15 is 0 Å². The molecule has 0 bridgehead atoms. The van der Waals surface area contributed by atoms with Crippen molar-refractivity contribution in [3.63, 3.8) is 0 Å². The Morgan fingerprint density at radius 1 is 1.14 bits per heavy atom. The van der Waals surface area contributed by atoms with E-state index in [0.717, 1.165) is 0 Å². The quantitative estimate of drug-likeness (QED) is 0.225. The van der Waals surface area contributed by atoms with Crippen molar-refractivity contribution in [3.05, 3.63) is 93.6 Å². The number of hydrogen-bond donors (Lipinski definition) is 1. The first-order chi connectivity index (χ1) is 16.8. The number of benzene rings is 2. The number of non-ortho nitro benzene ring substituents is 1. The zero-order valence-electron chi connectivity index (χ0n) is 18.8. The Morgan fingerprint density at radius 2 is 1.86 bits per heavy atom. The molecular weight excluding hydrogens is 468 g/mol. The van der Waals surface area contributed by atoms with Crippen LogP contribution in [0.25, 0.3) is 11.8 Å². The van der Waals surface area contributed by atoms with Crippen molar-refractivity contribution < 1.29 is 14.5 Å². The summed E-state index contributed by atoms with van der Waals surface area (Å²) in [6, 6.07) is 16.7. The number of anilines is 3. The van der Waals surface area contributed by atoms with E-state index < -0.39 is 10.8 Å². The van der Waals surface area contributed by atoms with Crippen LogP contribution in [0.2, 0.25) is 0 Å². The van der Waals surface area contributed by atoms with Crippen LogP contribution in [0.5, 0.6) is 0 Å². The van der Waals surface area contributed by atoms with Gasteiger partial charge in [0.1, 0.15) is 5.82 Å². The number of aromatic nitrogens is 3. The van der Waals surface area contributed by atoms with E-state index in [0.29, 0.717) is 33.7 Å². The zero-order valence-corrected chi connectivity index (χ0v) is 19.6. The summed E-state index contributed by atoms with van der Waals surface area (Å²) >= 11 is 1.29. The molecule has 35 heavy (non-hydrogen) atoms. The Kier molecular flexibility index (Phi) is 6.78. The Hall–Kier alpha value is -4.64. The van der Waals surface area contributed by atoms with E-state index in [2.05, 4.69) is 15.4 Å². The van der Waals surface area contributed by atoms with Crippen LogP contribution in [0.4, 0.5) is 22.3 Å². The normalized spacial score (nSPS) is 10.9. The van der Waals surface area contributed by atoms with Crippen LogP contribution in [-0.4, -0.2) is 31.5 Å². The van der Waals surface area contributed by atoms with Gasteiger partial charge in [-0.05, 0) is 37.3 Å². The number of carbonyl (C=O) groups excluding carboxylic acids is 2. The van der Waals surface area contributed by atoms with Crippen molar-refractivity contribution in [1.82, 2.24) is 14.8 Å². The molecule has 0 fully saturated rings. The lowest BCUT2D eigenvalue weighted by Gasteiger charge is -2.17. The lowest BCUT2D eigenvalue weighted by molar-refractivity contribution is -0.384. The maximum atomic E-state index is 12.6. The fourth-order valence-electron chi connectivity index (χ4n) is 3.29. The largest absolute Gasteiger partial charge is 0.307 e. The van der Waals surface area contributed by atoms with Gasteiger partial charge in [0.15, 0.2) is 5.13 Å². The van der Waals surface area contributed by atoms with Gasteiger partial charge in [0.2, 0.25) is 11.8 Å². The number of nitrogens with one attached hydrogen (secondary N) is 1. The molecule has 2 aromatic heterocycles. The van der Waals surface area contributed by atoms with Gasteiger partial charge in [-0.25, -0.2) is 9.67 Å². The number of nitro groups is 1. The van der Waals surface area contributed by atoms with Gasteiger partial charge in [-0.2, -0.15) is 5.10 Å².